The molecule has 21 heavy (non-hydrogen) atoms. The number of hydrogen-bond donors (Lipinski definition) is 3. The Labute approximate surface area is 125 Å². The van der Waals surface area contributed by atoms with Crippen LogP contribution in [0.25, 0.3) is 0 Å². The highest BCUT2D eigenvalue weighted by Gasteiger charge is 2.09. The normalized spacial score (nSPS) is 10.2. The van der Waals surface area contributed by atoms with E-state index >= 15 is 0 Å². The van der Waals surface area contributed by atoms with Crippen molar-refractivity contribution in [2.75, 3.05) is 44.0 Å². The Morgan fingerprint density at radius 3 is 2.52 bits per heavy atom. The summed E-state index contributed by atoms with van der Waals surface area (Å²) >= 11 is 0. The zero-order chi connectivity index (χ0) is 15.5. The number of ether oxygens (including phenoxy) is 1. The minimum atomic E-state index is -0.00133. The zero-order valence-electron chi connectivity index (χ0n) is 13.0. The van der Waals surface area contributed by atoms with E-state index in [2.05, 4.69) is 32.8 Å². The van der Waals surface area contributed by atoms with Crippen molar-refractivity contribution in [3.05, 3.63) is 11.9 Å². The molecule has 0 saturated carbocycles. The van der Waals surface area contributed by atoms with Gasteiger partial charge in [0, 0.05) is 38.7 Å². The smallest absolute Gasteiger partial charge is 0.221 e. The van der Waals surface area contributed by atoms with Gasteiger partial charge in [-0.3, -0.25) is 4.79 Å². The third-order valence-corrected chi connectivity index (χ3v) is 2.92. The maximum atomic E-state index is 11.6. The maximum Gasteiger partial charge on any atom is 0.221 e. The van der Waals surface area contributed by atoms with Crippen LogP contribution in [-0.4, -0.2) is 49.2 Å². The molecular formula is C14H25N5O2. The Hall–Kier alpha value is -1.89. The van der Waals surface area contributed by atoms with Crippen LogP contribution in [0.2, 0.25) is 0 Å². The molecule has 0 fully saturated rings. The summed E-state index contributed by atoms with van der Waals surface area (Å²) in [5.74, 6) is 1.63. The molecule has 0 spiro atoms. The summed E-state index contributed by atoms with van der Waals surface area (Å²) in [6.07, 6.45) is 2.75. The van der Waals surface area contributed by atoms with Crippen LogP contribution < -0.4 is 16.0 Å². The van der Waals surface area contributed by atoms with Crippen molar-refractivity contribution in [3.8, 4) is 0 Å². The molecule has 1 heterocycles. The second-order valence-corrected chi connectivity index (χ2v) is 4.45. The van der Waals surface area contributed by atoms with Crippen molar-refractivity contribution in [2.45, 2.75) is 26.7 Å². The highest BCUT2D eigenvalue weighted by molar-refractivity contribution is 5.76. The molecule has 0 bridgehead atoms. The molecule has 0 saturated heterocycles. The van der Waals surface area contributed by atoms with Crippen molar-refractivity contribution in [1.29, 1.82) is 0 Å². The monoisotopic (exact) mass is 295 g/mol. The highest BCUT2D eigenvalue weighted by atomic mass is 16.5. The minimum absolute atomic E-state index is 0.00133. The molecule has 0 unspecified atom stereocenters. The van der Waals surface area contributed by atoms with Gasteiger partial charge in [-0.15, -0.1) is 0 Å². The van der Waals surface area contributed by atoms with Gasteiger partial charge in [0.1, 0.15) is 18.0 Å². The largest absolute Gasteiger partial charge is 0.383 e. The third kappa shape index (κ3) is 5.95. The van der Waals surface area contributed by atoms with Crippen molar-refractivity contribution in [3.63, 3.8) is 0 Å². The summed E-state index contributed by atoms with van der Waals surface area (Å²) in [5, 5.41) is 9.20. The number of rotatable bonds is 10. The van der Waals surface area contributed by atoms with Gasteiger partial charge in [-0.05, 0) is 13.3 Å². The number of hydrogen-bond acceptors (Lipinski definition) is 6. The predicted octanol–water partition coefficient (Wildman–Crippen LogP) is 1.04. The van der Waals surface area contributed by atoms with Crippen molar-refractivity contribution in [1.82, 2.24) is 15.3 Å². The van der Waals surface area contributed by atoms with Gasteiger partial charge in [0.15, 0.2) is 0 Å². The van der Waals surface area contributed by atoms with Crippen LogP contribution in [0.1, 0.15) is 25.8 Å². The van der Waals surface area contributed by atoms with Gasteiger partial charge in [0.25, 0.3) is 0 Å². The summed E-state index contributed by atoms with van der Waals surface area (Å²) in [4.78, 5) is 20.1. The Morgan fingerprint density at radius 1 is 1.19 bits per heavy atom. The van der Waals surface area contributed by atoms with Crippen LogP contribution in [0, 0.1) is 0 Å². The number of carbonyl (C=O) groups excluding carboxylic acids is 1. The molecule has 118 valence electrons. The van der Waals surface area contributed by atoms with Crippen molar-refractivity contribution < 1.29 is 9.53 Å². The van der Waals surface area contributed by atoms with Crippen LogP contribution in [0.15, 0.2) is 6.33 Å². The lowest BCUT2D eigenvalue weighted by atomic mass is 10.2. The van der Waals surface area contributed by atoms with Crippen LogP contribution >= 0.6 is 0 Å². The fourth-order valence-corrected chi connectivity index (χ4v) is 1.89. The van der Waals surface area contributed by atoms with Gasteiger partial charge in [-0.1, -0.05) is 6.92 Å². The first-order chi connectivity index (χ1) is 10.2. The molecule has 7 nitrogen and oxygen atoms in total. The fourth-order valence-electron chi connectivity index (χ4n) is 1.89. The van der Waals surface area contributed by atoms with Gasteiger partial charge in [0.05, 0.1) is 6.61 Å². The Balaban J connectivity index is 2.47. The van der Waals surface area contributed by atoms with E-state index in [0.717, 1.165) is 30.2 Å². The molecule has 0 atom stereocenters. The van der Waals surface area contributed by atoms with Gasteiger partial charge in [0.2, 0.25) is 5.91 Å². The summed E-state index contributed by atoms with van der Waals surface area (Å²) in [7, 11) is 1.61. The average molecular weight is 295 g/mol. The summed E-state index contributed by atoms with van der Waals surface area (Å²) < 4.78 is 4.88. The number of carbonyl (C=O) groups is 1. The van der Waals surface area contributed by atoms with Gasteiger partial charge < -0.3 is 20.7 Å². The molecule has 1 aromatic rings. The summed E-state index contributed by atoms with van der Waals surface area (Å²) in [5.41, 5.74) is 1.04. The molecule has 0 radical (unpaired) electrons. The van der Waals surface area contributed by atoms with Crippen LogP contribution in [0.4, 0.5) is 11.6 Å². The van der Waals surface area contributed by atoms with E-state index in [0.29, 0.717) is 26.1 Å². The van der Waals surface area contributed by atoms with Gasteiger partial charge in [-0.25, -0.2) is 9.97 Å². The van der Waals surface area contributed by atoms with E-state index in [1.807, 2.05) is 6.92 Å². The molecule has 7 heteroatoms. The molecule has 0 aromatic carbocycles. The Morgan fingerprint density at radius 2 is 1.90 bits per heavy atom. The first kappa shape index (κ1) is 17.2. The van der Waals surface area contributed by atoms with E-state index in [4.69, 9.17) is 4.74 Å². The number of nitrogens with zero attached hydrogens (tertiary/aromatic N) is 2. The van der Waals surface area contributed by atoms with E-state index < -0.39 is 0 Å². The predicted molar refractivity (Wildman–Crippen MR) is 83.6 cm³/mol. The molecule has 1 rings (SSSR count). The lowest BCUT2D eigenvalue weighted by molar-refractivity contribution is -0.121. The van der Waals surface area contributed by atoms with Crippen molar-refractivity contribution in [2.24, 2.45) is 0 Å². The number of amides is 1. The third-order valence-electron chi connectivity index (χ3n) is 2.92. The number of methoxy groups -OCH3 is 1. The van der Waals surface area contributed by atoms with Gasteiger partial charge >= 0.3 is 0 Å². The van der Waals surface area contributed by atoms with Crippen LogP contribution in [-0.2, 0) is 16.0 Å². The first-order valence-corrected chi connectivity index (χ1v) is 7.30. The molecule has 3 N–H and O–H groups in total. The molecule has 1 aromatic heterocycles. The topological polar surface area (TPSA) is 88.2 Å². The first-order valence-electron chi connectivity index (χ1n) is 7.30. The summed E-state index contributed by atoms with van der Waals surface area (Å²) in [6.45, 7) is 6.49. The average Bonchev–Trinajstić information content (AvgIpc) is 2.48. The zero-order valence-corrected chi connectivity index (χ0v) is 13.0. The quantitative estimate of drug-likeness (QED) is 0.559. The SMILES string of the molecule is CCNc1ncnc(NCCC(=O)NCCOC)c1CC. The number of nitrogens with one attached hydrogen (secondary N) is 3. The van der Waals surface area contributed by atoms with E-state index in [1.54, 1.807) is 7.11 Å². The fraction of sp³-hybridized carbons (Fsp3) is 0.643. The molecule has 0 aliphatic carbocycles. The lowest BCUT2D eigenvalue weighted by Gasteiger charge is -2.13. The molecule has 0 aliphatic heterocycles. The van der Waals surface area contributed by atoms with Crippen LogP contribution in [0.3, 0.4) is 0 Å². The van der Waals surface area contributed by atoms with E-state index in [9.17, 15) is 4.79 Å². The maximum absolute atomic E-state index is 11.6. The van der Waals surface area contributed by atoms with Crippen LogP contribution in [0.5, 0.6) is 0 Å². The molecule has 1 amide bonds. The highest BCUT2D eigenvalue weighted by Crippen LogP contribution is 2.19. The summed E-state index contributed by atoms with van der Waals surface area (Å²) in [6, 6.07) is 0. The minimum Gasteiger partial charge on any atom is -0.383 e. The van der Waals surface area contributed by atoms with Gasteiger partial charge in [-0.2, -0.15) is 0 Å². The van der Waals surface area contributed by atoms with E-state index in [1.165, 1.54) is 6.33 Å². The van der Waals surface area contributed by atoms with E-state index in [-0.39, 0.29) is 5.91 Å². The lowest BCUT2D eigenvalue weighted by Crippen LogP contribution is -2.28. The molecule has 0 aliphatic rings. The Bertz CT molecular complexity index is 439. The number of anilines is 2. The molecular weight excluding hydrogens is 270 g/mol. The standard InChI is InChI=1S/C14H25N5O2/c1-4-11-13(15-5-2)18-10-19-14(11)17-7-6-12(20)16-8-9-21-3/h10H,4-9H2,1-3H3,(H,16,20)(H2,15,17,18,19). The second-order valence-electron chi connectivity index (χ2n) is 4.45. The number of aromatic nitrogens is 2. The Kier molecular flexibility index (Phi) is 8.11. The second kappa shape index (κ2) is 9.93. The van der Waals surface area contributed by atoms with Crippen molar-refractivity contribution >= 4 is 17.5 Å².